The second-order valence-electron chi connectivity index (χ2n) is 5.84. The first-order valence-electron chi connectivity index (χ1n) is 8.89. The number of rotatable bonds is 6. The van der Waals surface area contributed by atoms with Crippen LogP contribution < -0.4 is 15.9 Å². The van der Waals surface area contributed by atoms with E-state index >= 15 is 0 Å². The first-order valence-corrected chi connectivity index (χ1v) is 10.2. The molecule has 0 saturated heterocycles. The number of carbonyl (C=O) groups is 1. The Hall–Kier alpha value is -2.44. The van der Waals surface area contributed by atoms with Crippen molar-refractivity contribution < 1.29 is 9.90 Å². The molecule has 3 aromatic carbocycles. The van der Waals surface area contributed by atoms with Gasteiger partial charge in [-0.15, -0.1) is 0 Å². The predicted molar refractivity (Wildman–Crippen MR) is 112 cm³/mol. The molecule has 3 rings (SSSR count). The van der Waals surface area contributed by atoms with Crippen molar-refractivity contribution in [3.8, 4) is 0 Å². The van der Waals surface area contributed by atoms with Gasteiger partial charge in [0.05, 0.1) is 0 Å². The minimum atomic E-state index is -0.693. The Bertz CT molecular complexity index is 664. The van der Waals surface area contributed by atoms with E-state index in [0.717, 1.165) is 12.8 Å². The highest BCUT2D eigenvalue weighted by Gasteiger charge is 2.14. The summed E-state index contributed by atoms with van der Waals surface area (Å²) in [6, 6.07) is 32.3. The van der Waals surface area contributed by atoms with Crippen LogP contribution in [-0.4, -0.2) is 11.1 Å². The van der Waals surface area contributed by atoms with Crippen molar-refractivity contribution >= 4 is 29.8 Å². The van der Waals surface area contributed by atoms with E-state index in [2.05, 4.69) is 91.0 Å². The number of hydrogen-bond acceptors (Lipinski definition) is 1. The van der Waals surface area contributed by atoms with E-state index in [9.17, 15) is 4.79 Å². The van der Waals surface area contributed by atoms with Crippen LogP contribution in [0.5, 0.6) is 0 Å². The largest absolute Gasteiger partial charge is 0.481 e. The van der Waals surface area contributed by atoms with Crippen LogP contribution in [0.25, 0.3) is 0 Å². The molecule has 0 radical (unpaired) electrons. The fourth-order valence-corrected chi connectivity index (χ4v) is 4.81. The summed E-state index contributed by atoms with van der Waals surface area (Å²) in [6.45, 7) is 1.98. The van der Waals surface area contributed by atoms with E-state index in [1.807, 2.05) is 6.92 Å². The van der Waals surface area contributed by atoms with Gasteiger partial charge in [0.2, 0.25) is 0 Å². The van der Waals surface area contributed by atoms with Gasteiger partial charge in [-0.05, 0) is 30.3 Å². The van der Waals surface area contributed by atoms with Gasteiger partial charge in [-0.25, -0.2) is 0 Å². The Morgan fingerprint density at radius 3 is 1.31 bits per heavy atom. The van der Waals surface area contributed by atoms with E-state index < -0.39 is 13.9 Å². The van der Waals surface area contributed by atoms with Crippen LogP contribution in [0.1, 0.15) is 26.2 Å². The summed E-state index contributed by atoms with van der Waals surface area (Å²) < 4.78 is 0. The fourth-order valence-electron chi connectivity index (χ4n) is 2.51. The fraction of sp³-hybridized carbons (Fsp3) is 0.174. The standard InChI is InChI=1S/C18H15P.C5H10O2/c1-4-10-16(11-5-1)19(17-12-6-2-7-13-17)18-14-8-3-9-15-18;1-2-3-4-5(6)7/h1-15H;2-4H2,1H3,(H,6,7). The topological polar surface area (TPSA) is 37.3 Å². The molecule has 0 bridgehead atoms. The molecular weight excluding hydrogens is 339 g/mol. The normalized spacial score (nSPS) is 10.1. The van der Waals surface area contributed by atoms with Gasteiger partial charge >= 0.3 is 5.97 Å². The van der Waals surface area contributed by atoms with E-state index in [1.165, 1.54) is 15.9 Å². The first kappa shape index (κ1) is 19.9. The van der Waals surface area contributed by atoms with Crippen LogP contribution in [0.15, 0.2) is 91.0 Å². The smallest absolute Gasteiger partial charge is 0.303 e. The molecule has 134 valence electrons. The lowest BCUT2D eigenvalue weighted by atomic mass is 10.3. The maximum Gasteiger partial charge on any atom is 0.303 e. The minimum absolute atomic E-state index is 0.316. The Kier molecular flexibility index (Phi) is 8.59. The highest BCUT2D eigenvalue weighted by molar-refractivity contribution is 7.79. The first-order chi connectivity index (χ1) is 12.7. The van der Waals surface area contributed by atoms with E-state index in [-0.39, 0.29) is 0 Å². The quantitative estimate of drug-likeness (QED) is 0.644. The highest BCUT2D eigenvalue weighted by Crippen LogP contribution is 2.32. The van der Waals surface area contributed by atoms with Gasteiger partial charge < -0.3 is 5.11 Å². The van der Waals surface area contributed by atoms with Gasteiger partial charge in [-0.1, -0.05) is 104 Å². The number of unbranched alkanes of at least 4 members (excludes halogenated alkanes) is 1. The van der Waals surface area contributed by atoms with Crippen molar-refractivity contribution in [2.45, 2.75) is 26.2 Å². The van der Waals surface area contributed by atoms with Crippen LogP contribution in [-0.2, 0) is 4.79 Å². The Morgan fingerprint density at radius 1 is 0.731 bits per heavy atom. The molecule has 1 N–H and O–H groups in total. The summed E-state index contributed by atoms with van der Waals surface area (Å²) in [6.07, 6.45) is 2.08. The maximum atomic E-state index is 9.76. The van der Waals surface area contributed by atoms with E-state index in [0.29, 0.717) is 6.42 Å². The van der Waals surface area contributed by atoms with Crippen LogP contribution >= 0.6 is 7.92 Å². The third-order valence-corrected chi connectivity index (χ3v) is 6.23. The van der Waals surface area contributed by atoms with Crippen molar-refractivity contribution in [3.63, 3.8) is 0 Å². The molecule has 0 saturated carbocycles. The average molecular weight is 364 g/mol. The SMILES string of the molecule is CCCCC(=O)O.c1ccc(P(c2ccccc2)c2ccccc2)cc1. The monoisotopic (exact) mass is 364 g/mol. The van der Waals surface area contributed by atoms with Crippen LogP contribution in [0.3, 0.4) is 0 Å². The number of aliphatic carboxylic acids is 1. The zero-order valence-corrected chi connectivity index (χ0v) is 16.0. The second-order valence-corrected chi connectivity index (χ2v) is 8.06. The summed E-state index contributed by atoms with van der Waals surface area (Å²) in [5.74, 6) is -0.693. The molecule has 0 aliphatic rings. The Morgan fingerprint density at radius 2 is 1.08 bits per heavy atom. The van der Waals surface area contributed by atoms with Crippen molar-refractivity contribution in [1.29, 1.82) is 0 Å². The summed E-state index contributed by atoms with van der Waals surface area (Å²) >= 11 is 0. The summed E-state index contributed by atoms with van der Waals surface area (Å²) in [5.41, 5.74) is 0. The predicted octanol–water partition coefficient (Wildman–Crippen LogP) is 4.71. The molecule has 2 nitrogen and oxygen atoms in total. The summed E-state index contributed by atoms with van der Waals surface area (Å²) in [7, 11) is -0.446. The minimum Gasteiger partial charge on any atom is -0.481 e. The van der Waals surface area contributed by atoms with Crippen LogP contribution in [0, 0.1) is 0 Å². The molecule has 0 fully saturated rings. The molecule has 3 heteroatoms. The van der Waals surface area contributed by atoms with E-state index in [4.69, 9.17) is 5.11 Å². The number of hydrogen-bond donors (Lipinski definition) is 1. The lowest BCUT2D eigenvalue weighted by molar-refractivity contribution is -0.137. The van der Waals surface area contributed by atoms with Crippen molar-refractivity contribution in [1.82, 2.24) is 0 Å². The van der Waals surface area contributed by atoms with Gasteiger partial charge in [0.25, 0.3) is 0 Å². The van der Waals surface area contributed by atoms with Crippen molar-refractivity contribution in [2.75, 3.05) is 0 Å². The molecule has 0 amide bonds. The lowest BCUT2D eigenvalue weighted by Crippen LogP contribution is -2.20. The molecule has 0 spiro atoms. The van der Waals surface area contributed by atoms with Gasteiger partial charge in [-0.2, -0.15) is 0 Å². The number of carboxylic acid groups (broad SMARTS) is 1. The molecule has 0 unspecified atom stereocenters. The zero-order valence-electron chi connectivity index (χ0n) is 15.1. The zero-order chi connectivity index (χ0) is 18.6. The third-order valence-electron chi connectivity index (χ3n) is 3.79. The molecule has 0 aliphatic heterocycles. The summed E-state index contributed by atoms with van der Waals surface area (Å²) in [5, 5.41) is 12.2. The molecule has 0 heterocycles. The molecule has 0 aliphatic carbocycles. The lowest BCUT2D eigenvalue weighted by Gasteiger charge is -2.18. The molecule has 0 aromatic heterocycles. The van der Waals surface area contributed by atoms with Crippen molar-refractivity contribution in [3.05, 3.63) is 91.0 Å². The Labute approximate surface area is 157 Å². The molecular formula is C23H25O2P. The highest BCUT2D eigenvalue weighted by atomic mass is 31.1. The third kappa shape index (κ3) is 6.46. The van der Waals surface area contributed by atoms with Gasteiger partial charge in [0, 0.05) is 6.42 Å². The van der Waals surface area contributed by atoms with Crippen LogP contribution in [0.4, 0.5) is 0 Å². The second kappa shape index (κ2) is 11.2. The summed E-state index contributed by atoms with van der Waals surface area (Å²) in [4.78, 5) is 9.76. The maximum absolute atomic E-state index is 9.76. The molecule has 3 aromatic rings. The van der Waals surface area contributed by atoms with Gasteiger partial charge in [-0.3, -0.25) is 4.79 Å². The Balaban J connectivity index is 0.000000298. The van der Waals surface area contributed by atoms with E-state index in [1.54, 1.807) is 0 Å². The average Bonchev–Trinajstić information content (AvgIpc) is 2.70. The van der Waals surface area contributed by atoms with Gasteiger partial charge in [0.1, 0.15) is 0 Å². The number of benzene rings is 3. The molecule has 0 atom stereocenters. The van der Waals surface area contributed by atoms with Crippen molar-refractivity contribution in [2.24, 2.45) is 0 Å². The number of carboxylic acids is 1. The van der Waals surface area contributed by atoms with Gasteiger partial charge in [0.15, 0.2) is 0 Å². The molecule has 26 heavy (non-hydrogen) atoms. The van der Waals surface area contributed by atoms with Crippen LogP contribution in [0.2, 0.25) is 0 Å².